The van der Waals surface area contributed by atoms with Crippen LogP contribution >= 0.6 is 10.7 Å². The molecular weight excluding hydrogens is 1140 g/mol. The minimum Gasteiger partial charge on any atom is -0.493 e. The van der Waals surface area contributed by atoms with E-state index in [4.69, 9.17) is 53.1 Å². The fraction of sp³-hybridized carbons (Fsp3) is 0.393. The smallest absolute Gasteiger partial charge is 0.229 e. The van der Waals surface area contributed by atoms with Crippen molar-refractivity contribution in [1.29, 1.82) is 10.5 Å². The zero-order chi connectivity index (χ0) is 59.5. The summed E-state index contributed by atoms with van der Waals surface area (Å²) in [6, 6.07) is 29.8. The molecule has 83 heavy (non-hydrogen) atoms. The maximum Gasteiger partial charge on any atom is 0.229 e. The van der Waals surface area contributed by atoms with Gasteiger partial charge in [-0.1, -0.05) is 0 Å². The largest absolute Gasteiger partial charge is 0.493 e. The van der Waals surface area contributed by atoms with Crippen LogP contribution in [0.3, 0.4) is 0 Å². The van der Waals surface area contributed by atoms with Crippen LogP contribution in [-0.2, 0) is 38.0 Å². The zero-order valence-corrected chi connectivity index (χ0v) is 48.8. The van der Waals surface area contributed by atoms with Gasteiger partial charge in [0.1, 0.15) is 49.1 Å². The van der Waals surface area contributed by atoms with E-state index in [0.717, 1.165) is 55.0 Å². The predicted octanol–water partition coefficient (Wildman–Crippen LogP) is 7.87. The average Bonchev–Trinajstić information content (AvgIpc) is 2.10. The summed E-state index contributed by atoms with van der Waals surface area (Å²) < 4.78 is 99.3. The Bertz CT molecular complexity index is 3350. The molecule has 2 aromatic heterocycles. The lowest BCUT2D eigenvalue weighted by molar-refractivity contribution is 0.0252. The third-order valence-corrected chi connectivity index (χ3v) is 12.4. The summed E-state index contributed by atoms with van der Waals surface area (Å²) in [5, 5.41) is 25.8. The highest BCUT2D eigenvalue weighted by atomic mass is 35.7. The highest BCUT2D eigenvalue weighted by molar-refractivity contribution is 8.13. The van der Waals surface area contributed by atoms with Crippen molar-refractivity contribution >= 4 is 53.0 Å². The fourth-order valence-electron chi connectivity index (χ4n) is 7.86. The highest BCUT2D eigenvalue weighted by Crippen LogP contribution is 2.34. The number of hydrogen-bond acceptors (Lipinski definition) is 23. The van der Waals surface area contributed by atoms with Crippen molar-refractivity contribution in [2.45, 2.75) is 37.9 Å². The molecule has 24 nitrogen and oxygen atoms in total. The summed E-state index contributed by atoms with van der Waals surface area (Å²) in [6.07, 6.45) is 8.65. The van der Waals surface area contributed by atoms with Crippen molar-refractivity contribution in [3.05, 3.63) is 108 Å². The lowest BCUT2D eigenvalue weighted by atomic mass is 10.1. The van der Waals surface area contributed by atoms with E-state index in [1.807, 2.05) is 36.4 Å². The van der Waals surface area contributed by atoms with Crippen LogP contribution in [0.2, 0.25) is 0 Å². The first-order valence-electron chi connectivity index (χ1n) is 26.1. The maximum atomic E-state index is 11.1. The Morgan fingerprint density at radius 1 is 0.602 bits per heavy atom. The molecule has 0 spiro atoms. The van der Waals surface area contributed by atoms with E-state index in [2.05, 4.69) is 58.1 Å². The molecule has 0 radical (unpaired) electrons. The van der Waals surface area contributed by atoms with E-state index in [-0.39, 0.29) is 42.9 Å². The lowest BCUT2D eigenvalue weighted by Gasteiger charge is -2.23. The first-order chi connectivity index (χ1) is 40.0. The molecule has 4 aromatic carbocycles. The monoisotopic (exact) mass is 1210 g/mol. The van der Waals surface area contributed by atoms with Crippen LogP contribution in [-0.4, -0.2) is 155 Å². The minimum atomic E-state index is -3.23. The fourth-order valence-corrected chi connectivity index (χ4v) is 8.31. The Kier molecular flexibility index (Phi) is 26.0. The summed E-state index contributed by atoms with van der Waals surface area (Å²) in [5.41, 5.74) is 10.6. The second kappa shape index (κ2) is 33.5. The lowest BCUT2D eigenvalue weighted by Crippen LogP contribution is -2.26. The number of sulfonamides is 1. The number of ether oxygens (including phenoxy) is 10. The molecule has 0 bridgehead atoms. The van der Waals surface area contributed by atoms with Gasteiger partial charge in [-0.05, 0) is 72.8 Å². The molecule has 2 saturated heterocycles. The molecule has 2 aliphatic rings. The predicted molar refractivity (Wildman–Crippen MR) is 317 cm³/mol. The summed E-state index contributed by atoms with van der Waals surface area (Å²) in [4.78, 5) is 17.9. The SMILES string of the molecule is COc1cc(Nc2nccc(-c3ccc(OC4CCOCC4)c(C#N)c3)n2)ccc1OCCOCCN.COc1cc(Nc2nccc(-c3ccc(OC4CCOCC4)c(C#N)c3)n2)ccc1OCCOCCNS(C)(=O)=O.CS(=O)(=O)Cl.[HH].[HH].[HH]. The van der Waals surface area contributed by atoms with E-state index in [1.165, 1.54) is 0 Å². The van der Waals surface area contributed by atoms with Crippen molar-refractivity contribution in [1.82, 2.24) is 24.7 Å². The summed E-state index contributed by atoms with van der Waals surface area (Å²) in [7, 11) is 1.19. The molecule has 2 aliphatic heterocycles. The Morgan fingerprint density at radius 3 is 1.42 bits per heavy atom. The van der Waals surface area contributed by atoms with Gasteiger partial charge in [0.2, 0.25) is 31.0 Å². The van der Waals surface area contributed by atoms with E-state index >= 15 is 0 Å². The van der Waals surface area contributed by atoms with Crippen molar-refractivity contribution in [3.8, 4) is 69.2 Å². The Labute approximate surface area is 492 Å². The maximum absolute atomic E-state index is 11.1. The number of methoxy groups -OCH3 is 2. The molecule has 0 atom stereocenters. The van der Waals surface area contributed by atoms with Gasteiger partial charge in [0, 0.05) is 101 Å². The number of hydrogen-bond donors (Lipinski definition) is 4. The molecule has 5 N–H and O–H groups in total. The molecular formula is C56H73ClN10O14S2. The van der Waals surface area contributed by atoms with Crippen molar-refractivity contribution < 1.29 is 68.5 Å². The Balaban J connectivity index is 0.000000406. The summed E-state index contributed by atoms with van der Waals surface area (Å²) in [6.45, 7) is 5.44. The van der Waals surface area contributed by atoms with Crippen molar-refractivity contribution in [2.75, 3.05) is 117 Å². The third-order valence-electron chi connectivity index (χ3n) is 11.7. The zero-order valence-electron chi connectivity index (χ0n) is 46.4. The Morgan fingerprint density at radius 2 is 1.02 bits per heavy atom. The molecule has 0 amide bonds. The van der Waals surface area contributed by atoms with Crippen LogP contribution in [0.15, 0.2) is 97.3 Å². The van der Waals surface area contributed by atoms with Crippen LogP contribution in [0.5, 0.6) is 34.5 Å². The van der Waals surface area contributed by atoms with Gasteiger partial charge in [-0.2, -0.15) is 10.5 Å². The topological polar surface area (TPSA) is 322 Å². The second-order valence-corrected chi connectivity index (χ2v) is 23.0. The molecule has 450 valence electrons. The molecule has 0 aliphatic carbocycles. The van der Waals surface area contributed by atoms with Crippen molar-refractivity contribution in [3.63, 3.8) is 0 Å². The first-order valence-corrected chi connectivity index (χ1v) is 30.7. The number of nitrogens with zero attached hydrogens (tertiary/aromatic N) is 6. The van der Waals surface area contributed by atoms with Gasteiger partial charge in [0.05, 0.1) is 102 Å². The number of benzene rings is 4. The van der Waals surface area contributed by atoms with Crippen LogP contribution in [0, 0.1) is 22.7 Å². The second-order valence-electron chi connectivity index (χ2n) is 18.1. The number of aromatic nitrogens is 4. The molecule has 8 rings (SSSR count). The van der Waals surface area contributed by atoms with Crippen LogP contribution < -0.4 is 49.5 Å². The van der Waals surface area contributed by atoms with E-state index in [9.17, 15) is 27.4 Å². The minimum absolute atomic E-state index is 0. The average molecular weight is 1210 g/mol. The van der Waals surface area contributed by atoms with Crippen molar-refractivity contribution in [2.24, 2.45) is 5.73 Å². The standard InChI is InChI=1S/C28H33N5O7S.C27H31N5O5.CH3ClO2S.3H2/c1-36-27-18-22(4-6-26(27)39-16-15-38-14-11-31-41(2,34)35)32-28-30-10-7-24(33-28)20-3-5-25(21(17-20)19-29)40-23-8-12-37-13-9-23;1-33-26-17-21(3-5-25(26)36-15-14-35-13-9-28)31-27-30-10-6-23(32-27)19-2-4-24(20(16-19)18-29)37-22-7-11-34-12-8-22;1-5(2,3)4;;;/h3-7,10,17-18,23,31H,8-9,11-16H2,1-2H3,(H,30,32,33);2-6,10,16-17,22H,7-9,11-15,28H2,1H3,(H,30,31,32);1H3;3*1H. The van der Waals surface area contributed by atoms with E-state index < -0.39 is 19.1 Å². The molecule has 0 unspecified atom stereocenters. The van der Waals surface area contributed by atoms with E-state index in [1.54, 1.807) is 75.1 Å². The summed E-state index contributed by atoms with van der Waals surface area (Å²) >= 11 is 0. The van der Waals surface area contributed by atoms with Gasteiger partial charge < -0.3 is 63.7 Å². The number of nitrogens with two attached hydrogens (primary N) is 1. The van der Waals surface area contributed by atoms with Crippen LogP contribution in [0.1, 0.15) is 41.1 Å². The highest BCUT2D eigenvalue weighted by Gasteiger charge is 2.20. The molecule has 6 aromatic rings. The van der Waals surface area contributed by atoms with Gasteiger partial charge in [-0.3, -0.25) is 0 Å². The molecule has 2 fully saturated rings. The molecule has 27 heteroatoms. The van der Waals surface area contributed by atoms with Crippen LogP contribution in [0.4, 0.5) is 23.3 Å². The number of halogens is 1. The van der Waals surface area contributed by atoms with Crippen LogP contribution in [0.25, 0.3) is 22.5 Å². The van der Waals surface area contributed by atoms with Gasteiger partial charge in [0.25, 0.3) is 0 Å². The van der Waals surface area contributed by atoms with Gasteiger partial charge in [-0.25, -0.2) is 41.5 Å². The Hall–Kier alpha value is -7.63. The molecule has 4 heterocycles. The van der Waals surface area contributed by atoms with Gasteiger partial charge in [-0.15, -0.1) is 0 Å². The quantitative estimate of drug-likeness (QED) is 0.0296. The van der Waals surface area contributed by atoms with Gasteiger partial charge in [0.15, 0.2) is 23.0 Å². The number of nitriles is 2. The normalized spacial score (nSPS) is 13.5. The number of rotatable bonds is 26. The number of nitrogens with one attached hydrogen (secondary N) is 3. The number of anilines is 4. The van der Waals surface area contributed by atoms with Gasteiger partial charge >= 0.3 is 0 Å². The van der Waals surface area contributed by atoms with E-state index in [0.29, 0.717) is 127 Å². The first kappa shape index (κ1) is 64.5. The third kappa shape index (κ3) is 22.9. The summed E-state index contributed by atoms with van der Waals surface area (Å²) in [5.74, 6) is 4.11. The molecule has 0 saturated carbocycles.